The molecular weight excluding hydrogens is 388 g/mol. The maximum absolute atomic E-state index is 11.3. The van der Waals surface area contributed by atoms with Crippen molar-refractivity contribution in [1.82, 2.24) is 5.32 Å². The molecular formula is C19H25ClN2O4S. The molecule has 2 rings (SSSR count). The summed E-state index contributed by atoms with van der Waals surface area (Å²) in [4.78, 5) is 0.115. The van der Waals surface area contributed by atoms with Crippen molar-refractivity contribution in [3.63, 3.8) is 0 Å². The van der Waals surface area contributed by atoms with Gasteiger partial charge in [-0.1, -0.05) is 23.7 Å². The van der Waals surface area contributed by atoms with Crippen LogP contribution in [0.5, 0.6) is 11.5 Å². The lowest BCUT2D eigenvalue weighted by molar-refractivity contribution is 0.230. The number of benzene rings is 2. The molecule has 0 unspecified atom stereocenters. The summed E-state index contributed by atoms with van der Waals surface area (Å²) in [5, 5.41) is 8.94. The minimum Gasteiger partial charge on any atom is -0.493 e. The molecule has 3 N–H and O–H groups in total. The van der Waals surface area contributed by atoms with E-state index in [4.69, 9.17) is 26.2 Å². The maximum Gasteiger partial charge on any atom is 0.238 e. The monoisotopic (exact) mass is 412 g/mol. The Bertz CT molecular complexity index is 868. The normalized spacial score (nSPS) is 11.6. The topological polar surface area (TPSA) is 90.6 Å². The quantitative estimate of drug-likeness (QED) is 0.617. The number of nitrogens with one attached hydrogen (secondary N) is 1. The second-order valence-corrected chi connectivity index (χ2v) is 8.36. The summed E-state index contributed by atoms with van der Waals surface area (Å²) >= 11 is 6.33. The zero-order valence-electron chi connectivity index (χ0n) is 15.7. The van der Waals surface area contributed by atoms with E-state index in [1.165, 1.54) is 12.1 Å². The van der Waals surface area contributed by atoms with Gasteiger partial charge in [0.1, 0.15) is 0 Å². The maximum atomic E-state index is 11.3. The van der Waals surface area contributed by atoms with Crippen LogP contribution < -0.4 is 19.9 Å². The van der Waals surface area contributed by atoms with Gasteiger partial charge in [-0.05, 0) is 62.2 Å². The highest BCUT2D eigenvalue weighted by molar-refractivity contribution is 7.89. The van der Waals surface area contributed by atoms with Gasteiger partial charge in [0, 0.05) is 6.54 Å². The van der Waals surface area contributed by atoms with E-state index < -0.39 is 10.0 Å². The Balaban J connectivity index is 1.92. The summed E-state index contributed by atoms with van der Waals surface area (Å²) in [6, 6.07) is 10.3. The fourth-order valence-electron chi connectivity index (χ4n) is 2.54. The Morgan fingerprint density at radius 3 is 2.37 bits per heavy atom. The van der Waals surface area contributed by atoms with E-state index >= 15 is 0 Å². The second kappa shape index (κ2) is 9.41. The molecule has 0 aromatic heterocycles. The van der Waals surface area contributed by atoms with Crippen molar-refractivity contribution in [2.45, 2.75) is 37.8 Å². The Kier molecular flexibility index (Phi) is 7.49. The first-order valence-corrected chi connectivity index (χ1v) is 10.5. The zero-order valence-corrected chi connectivity index (χ0v) is 17.2. The number of rotatable bonds is 9. The van der Waals surface area contributed by atoms with E-state index in [0.29, 0.717) is 23.1 Å². The molecule has 0 heterocycles. The van der Waals surface area contributed by atoms with Crippen LogP contribution in [0.3, 0.4) is 0 Å². The van der Waals surface area contributed by atoms with E-state index in [1.807, 2.05) is 26.0 Å². The van der Waals surface area contributed by atoms with Crippen molar-refractivity contribution in [1.29, 1.82) is 0 Å². The molecule has 0 atom stereocenters. The van der Waals surface area contributed by atoms with E-state index in [-0.39, 0.29) is 11.0 Å². The molecule has 8 heteroatoms. The molecule has 0 bridgehead atoms. The van der Waals surface area contributed by atoms with Gasteiger partial charge < -0.3 is 14.8 Å². The molecule has 27 heavy (non-hydrogen) atoms. The minimum absolute atomic E-state index is 0.000946. The van der Waals surface area contributed by atoms with Crippen molar-refractivity contribution in [2.24, 2.45) is 5.14 Å². The molecule has 0 aliphatic carbocycles. The summed E-state index contributed by atoms with van der Waals surface area (Å²) in [5.74, 6) is 1.15. The Morgan fingerprint density at radius 2 is 1.81 bits per heavy atom. The fourth-order valence-corrected chi connectivity index (χ4v) is 3.33. The van der Waals surface area contributed by atoms with Crippen molar-refractivity contribution in [3.8, 4) is 11.5 Å². The Morgan fingerprint density at radius 1 is 1.15 bits per heavy atom. The third kappa shape index (κ3) is 6.39. The highest BCUT2D eigenvalue weighted by atomic mass is 35.5. The van der Waals surface area contributed by atoms with Crippen molar-refractivity contribution in [3.05, 3.63) is 52.5 Å². The first kappa shape index (κ1) is 21.5. The van der Waals surface area contributed by atoms with Gasteiger partial charge in [0.2, 0.25) is 10.0 Å². The summed E-state index contributed by atoms with van der Waals surface area (Å²) in [6.07, 6.45) is 0.755. The van der Waals surface area contributed by atoms with Crippen LogP contribution in [0, 0.1) is 0 Å². The molecule has 0 fully saturated rings. The number of hydrogen-bond acceptors (Lipinski definition) is 5. The average molecular weight is 413 g/mol. The molecule has 2 aromatic rings. The lowest BCUT2D eigenvalue weighted by Crippen LogP contribution is -2.17. The first-order valence-electron chi connectivity index (χ1n) is 8.56. The van der Waals surface area contributed by atoms with Crippen LogP contribution in [0.15, 0.2) is 41.3 Å². The van der Waals surface area contributed by atoms with Crippen LogP contribution >= 0.6 is 11.6 Å². The highest BCUT2D eigenvalue weighted by Gasteiger charge is 2.13. The number of nitrogens with two attached hydrogens (primary N) is 1. The SMILES string of the molecule is COc1cc(CNCCc2ccc(S(N)(=O)=O)cc2)cc(Cl)c1OC(C)C. The highest BCUT2D eigenvalue weighted by Crippen LogP contribution is 2.37. The Hall–Kier alpha value is -1.80. The molecule has 0 saturated heterocycles. The van der Waals surface area contributed by atoms with Gasteiger partial charge in [-0.15, -0.1) is 0 Å². The van der Waals surface area contributed by atoms with Crippen LogP contribution in [0.4, 0.5) is 0 Å². The average Bonchev–Trinajstić information content (AvgIpc) is 2.60. The van der Waals surface area contributed by atoms with Gasteiger partial charge in [0.25, 0.3) is 0 Å². The summed E-state index contributed by atoms with van der Waals surface area (Å²) in [7, 11) is -2.07. The molecule has 2 aromatic carbocycles. The second-order valence-electron chi connectivity index (χ2n) is 6.39. The predicted molar refractivity (Wildman–Crippen MR) is 107 cm³/mol. The number of halogens is 1. The van der Waals surface area contributed by atoms with Crippen LogP contribution in [0.1, 0.15) is 25.0 Å². The summed E-state index contributed by atoms with van der Waals surface area (Å²) in [5.41, 5.74) is 2.00. The smallest absolute Gasteiger partial charge is 0.238 e. The molecule has 0 spiro atoms. The van der Waals surface area contributed by atoms with Gasteiger partial charge in [-0.25, -0.2) is 13.6 Å². The fraction of sp³-hybridized carbons (Fsp3) is 0.368. The van der Waals surface area contributed by atoms with Crippen LogP contribution in [-0.2, 0) is 23.0 Å². The lowest BCUT2D eigenvalue weighted by Gasteiger charge is -2.16. The standard InChI is InChI=1S/C19H25ClN2O4S/c1-13(2)26-19-17(20)10-15(11-18(19)25-3)12-22-9-8-14-4-6-16(7-5-14)27(21,23)24/h4-7,10-11,13,22H,8-9,12H2,1-3H3,(H2,21,23,24). The third-order valence-electron chi connectivity index (χ3n) is 3.81. The van der Waals surface area contributed by atoms with Crippen LogP contribution in [0.25, 0.3) is 0 Å². The van der Waals surface area contributed by atoms with Crippen molar-refractivity contribution in [2.75, 3.05) is 13.7 Å². The number of methoxy groups -OCH3 is 1. The predicted octanol–water partition coefficient (Wildman–Crippen LogP) is 3.12. The number of primary sulfonamides is 1. The first-order chi connectivity index (χ1) is 12.7. The van der Waals surface area contributed by atoms with Gasteiger partial charge in [0.15, 0.2) is 11.5 Å². The van der Waals surface area contributed by atoms with Crippen molar-refractivity contribution >= 4 is 21.6 Å². The van der Waals surface area contributed by atoms with E-state index in [2.05, 4.69) is 5.32 Å². The van der Waals surface area contributed by atoms with Gasteiger partial charge >= 0.3 is 0 Å². The van der Waals surface area contributed by atoms with E-state index in [0.717, 1.165) is 24.1 Å². The van der Waals surface area contributed by atoms with E-state index in [9.17, 15) is 8.42 Å². The summed E-state index contributed by atoms with van der Waals surface area (Å²) < 4.78 is 33.6. The number of sulfonamides is 1. The van der Waals surface area contributed by atoms with Gasteiger partial charge in [0.05, 0.1) is 23.1 Å². The Labute approximate surface area is 165 Å². The minimum atomic E-state index is -3.65. The zero-order chi connectivity index (χ0) is 20.0. The summed E-state index contributed by atoms with van der Waals surface area (Å²) in [6.45, 7) is 5.20. The van der Waals surface area contributed by atoms with Crippen LogP contribution in [-0.4, -0.2) is 28.2 Å². The molecule has 6 nitrogen and oxygen atoms in total. The molecule has 0 aliphatic heterocycles. The van der Waals surface area contributed by atoms with Gasteiger partial charge in [-0.3, -0.25) is 0 Å². The molecule has 0 saturated carbocycles. The molecule has 0 amide bonds. The molecule has 0 aliphatic rings. The third-order valence-corrected chi connectivity index (χ3v) is 5.02. The molecule has 148 valence electrons. The number of hydrogen-bond donors (Lipinski definition) is 2. The van der Waals surface area contributed by atoms with Gasteiger partial charge in [-0.2, -0.15) is 0 Å². The number of ether oxygens (including phenoxy) is 2. The largest absolute Gasteiger partial charge is 0.493 e. The lowest BCUT2D eigenvalue weighted by atomic mass is 10.1. The van der Waals surface area contributed by atoms with Crippen molar-refractivity contribution < 1.29 is 17.9 Å². The van der Waals surface area contributed by atoms with Crippen LogP contribution in [0.2, 0.25) is 5.02 Å². The van der Waals surface area contributed by atoms with E-state index in [1.54, 1.807) is 19.2 Å². The molecule has 0 radical (unpaired) electrons.